The van der Waals surface area contributed by atoms with Crippen LogP contribution in [0, 0.1) is 5.92 Å². The molecular weight excluding hydrogens is 697 g/mol. The molecule has 5 atom stereocenters. The number of benzene rings is 2. The summed E-state index contributed by atoms with van der Waals surface area (Å²) in [6.45, 7) is 32.2. The van der Waals surface area contributed by atoms with Crippen molar-refractivity contribution in [3.63, 3.8) is 0 Å². The van der Waals surface area contributed by atoms with E-state index in [2.05, 4.69) is 114 Å². The second-order valence-electron chi connectivity index (χ2n) is 19.1. The fourth-order valence-electron chi connectivity index (χ4n) is 7.30. The van der Waals surface area contributed by atoms with Crippen molar-refractivity contribution in [1.82, 2.24) is 0 Å². The Kier molecular flexibility index (Phi) is 12.3. The number of hydrogen-bond acceptors (Lipinski definition) is 7. The van der Waals surface area contributed by atoms with Crippen LogP contribution in [-0.2, 0) is 42.8 Å². The molecule has 53 heavy (non-hydrogen) atoms. The van der Waals surface area contributed by atoms with Crippen LogP contribution >= 0.6 is 0 Å². The van der Waals surface area contributed by atoms with Gasteiger partial charge in [0, 0.05) is 23.3 Å². The lowest BCUT2D eigenvalue weighted by molar-refractivity contribution is -0.173. The first-order valence-corrected chi connectivity index (χ1v) is 25.9. The van der Waals surface area contributed by atoms with Gasteiger partial charge in [-0.3, -0.25) is 0 Å². The van der Waals surface area contributed by atoms with E-state index in [0.29, 0.717) is 25.6 Å². The number of cyclic esters (lactones) is 1. The number of furan rings is 1. The molecule has 7 nitrogen and oxygen atoms in total. The van der Waals surface area contributed by atoms with Crippen molar-refractivity contribution in [2.45, 2.75) is 181 Å². The van der Waals surface area contributed by atoms with Crippen molar-refractivity contribution in [3.05, 3.63) is 64.9 Å². The van der Waals surface area contributed by atoms with Gasteiger partial charge in [0.2, 0.25) is 5.60 Å². The Balaban J connectivity index is 1.61. The van der Waals surface area contributed by atoms with Crippen LogP contribution in [0.2, 0.25) is 36.3 Å². The standard InChI is InChI=1S/C44H68O7Si2/c1-15-20-32(36-25-38(51-53(13,14)43(8,9)10)44(41(45)49-36)37(16-2)50-44)34-27-47-40-33(34)24-31(23-29(3)4)39(46-26-30-21-18-17-19-22-30)35(40)28-48-52(11,12)42(5,6)7/h17-19,21-22,24,27,29,32,36-38H,15-16,20,23,25-26,28H2,1-14H3/t32-,36-,37?,38+,44?/m0/s1. The topological polar surface area (TPSA) is 79.7 Å². The van der Waals surface area contributed by atoms with Crippen LogP contribution in [0.3, 0.4) is 0 Å². The molecule has 0 N–H and O–H groups in total. The first-order valence-electron chi connectivity index (χ1n) is 20.1. The Morgan fingerprint density at radius 3 is 2.17 bits per heavy atom. The zero-order valence-electron chi connectivity index (χ0n) is 35.2. The zero-order valence-corrected chi connectivity index (χ0v) is 37.2. The van der Waals surface area contributed by atoms with Crippen LogP contribution in [-0.4, -0.2) is 46.5 Å². The largest absolute Gasteiger partial charge is 0.488 e. The summed E-state index contributed by atoms with van der Waals surface area (Å²) in [5, 5.41) is 1.08. The average molecular weight is 765 g/mol. The molecule has 1 spiro atoms. The first-order chi connectivity index (χ1) is 24.7. The van der Waals surface area contributed by atoms with Crippen molar-refractivity contribution in [2.75, 3.05) is 0 Å². The Bertz CT molecular complexity index is 1720. The highest BCUT2D eigenvalue weighted by molar-refractivity contribution is 6.74. The van der Waals surface area contributed by atoms with Crippen molar-refractivity contribution >= 4 is 33.6 Å². The van der Waals surface area contributed by atoms with Crippen molar-refractivity contribution in [1.29, 1.82) is 0 Å². The molecule has 2 unspecified atom stereocenters. The molecule has 2 fully saturated rings. The van der Waals surface area contributed by atoms with Gasteiger partial charge in [-0.05, 0) is 78.6 Å². The first kappa shape index (κ1) is 41.7. The minimum Gasteiger partial charge on any atom is -0.488 e. The van der Waals surface area contributed by atoms with E-state index in [1.807, 2.05) is 24.5 Å². The maximum Gasteiger partial charge on any atom is 0.344 e. The highest BCUT2D eigenvalue weighted by atomic mass is 28.4. The van der Waals surface area contributed by atoms with E-state index in [9.17, 15) is 4.79 Å². The summed E-state index contributed by atoms with van der Waals surface area (Å²) in [6.07, 6.45) is 4.93. The number of carbonyl (C=O) groups excluding carboxylic acids is 1. The van der Waals surface area contributed by atoms with Crippen LogP contribution in [0.1, 0.15) is 123 Å². The Morgan fingerprint density at radius 1 is 0.943 bits per heavy atom. The number of hydrogen-bond donors (Lipinski definition) is 0. The third kappa shape index (κ3) is 8.54. The van der Waals surface area contributed by atoms with Gasteiger partial charge < -0.3 is 27.5 Å². The summed E-state index contributed by atoms with van der Waals surface area (Å²) in [5.41, 5.74) is 4.05. The van der Waals surface area contributed by atoms with Gasteiger partial charge in [-0.15, -0.1) is 0 Å². The van der Waals surface area contributed by atoms with Gasteiger partial charge in [-0.25, -0.2) is 4.79 Å². The quantitative estimate of drug-likeness (QED) is 0.0866. The molecule has 1 aromatic heterocycles. The summed E-state index contributed by atoms with van der Waals surface area (Å²) in [7, 11) is -4.38. The molecule has 9 heteroatoms. The number of epoxide rings is 1. The lowest BCUT2D eigenvalue weighted by Crippen LogP contribution is -2.57. The van der Waals surface area contributed by atoms with E-state index in [1.165, 1.54) is 0 Å². The summed E-state index contributed by atoms with van der Waals surface area (Å²) in [4.78, 5) is 14.1. The molecule has 0 aliphatic carbocycles. The Labute approximate surface area is 322 Å². The molecule has 2 saturated heterocycles. The Morgan fingerprint density at radius 2 is 1.60 bits per heavy atom. The molecule has 3 aromatic rings. The van der Waals surface area contributed by atoms with Crippen LogP contribution < -0.4 is 4.74 Å². The van der Waals surface area contributed by atoms with Gasteiger partial charge in [-0.2, -0.15) is 0 Å². The fraction of sp³-hybridized carbons (Fsp3) is 0.659. The summed E-state index contributed by atoms with van der Waals surface area (Å²) >= 11 is 0. The maximum absolute atomic E-state index is 14.1. The van der Waals surface area contributed by atoms with Crippen LogP contribution in [0.4, 0.5) is 0 Å². The van der Waals surface area contributed by atoms with E-state index < -0.39 is 22.2 Å². The van der Waals surface area contributed by atoms with Gasteiger partial charge in [0.1, 0.15) is 30.1 Å². The van der Waals surface area contributed by atoms with E-state index in [-0.39, 0.29) is 40.3 Å². The minimum atomic E-state index is -2.24. The molecule has 0 radical (unpaired) electrons. The molecule has 0 saturated carbocycles. The molecule has 2 aliphatic heterocycles. The fourth-order valence-corrected chi connectivity index (χ4v) is 9.58. The lowest BCUT2D eigenvalue weighted by Gasteiger charge is -2.44. The third-order valence-corrected chi connectivity index (χ3v) is 21.5. The lowest BCUT2D eigenvalue weighted by atomic mass is 9.81. The average Bonchev–Trinajstić information content (AvgIpc) is 3.66. The number of fused-ring (bicyclic) bond motifs is 1. The SMILES string of the molecule is CCC[C@@H](c1coc2c(CO[Si](C)(C)C(C)(C)C)c(OCc3ccccc3)c(CC(C)C)cc12)[C@@H]1C[C@@H](O[Si](C)(C)C(C)(C)C)C2(OC2CC)C(=O)O1. The number of ether oxygens (including phenoxy) is 3. The molecular formula is C44H68O7Si2. The monoisotopic (exact) mass is 764 g/mol. The highest BCUT2D eigenvalue weighted by Crippen LogP contribution is 2.53. The molecule has 0 bridgehead atoms. The van der Waals surface area contributed by atoms with Gasteiger partial charge in [-0.1, -0.05) is 106 Å². The van der Waals surface area contributed by atoms with Crippen LogP contribution in [0.15, 0.2) is 47.1 Å². The summed E-state index contributed by atoms with van der Waals surface area (Å²) in [6, 6.07) is 12.6. The smallest absolute Gasteiger partial charge is 0.344 e. The number of esters is 1. The third-order valence-electron chi connectivity index (χ3n) is 12.6. The molecule has 2 aromatic carbocycles. The van der Waals surface area contributed by atoms with E-state index in [1.54, 1.807) is 0 Å². The van der Waals surface area contributed by atoms with Crippen LogP contribution in [0.5, 0.6) is 5.75 Å². The van der Waals surface area contributed by atoms with Gasteiger partial charge in [0.25, 0.3) is 0 Å². The summed E-state index contributed by atoms with van der Waals surface area (Å²) < 4.78 is 40.1. The zero-order chi connectivity index (χ0) is 39.1. The normalized spacial score (nSPS) is 23.2. The van der Waals surface area contributed by atoms with E-state index in [0.717, 1.165) is 64.7 Å². The minimum absolute atomic E-state index is 0.0127. The van der Waals surface area contributed by atoms with Crippen molar-refractivity contribution in [2.24, 2.45) is 5.92 Å². The van der Waals surface area contributed by atoms with E-state index in [4.69, 9.17) is 27.5 Å². The number of rotatable bonds is 15. The predicted molar refractivity (Wildman–Crippen MR) is 220 cm³/mol. The van der Waals surface area contributed by atoms with Gasteiger partial charge >= 0.3 is 5.97 Å². The van der Waals surface area contributed by atoms with Gasteiger partial charge in [0.05, 0.1) is 24.5 Å². The molecule has 3 heterocycles. The molecule has 0 amide bonds. The molecule has 2 aliphatic rings. The van der Waals surface area contributed by atoms with Crippen molar-refractivity contribution in [3.8, 4) is 5.75 Å². The number of carbonyl (C=O) groups is 1. The Hall–Kier alpha value is -2.44. The molecule has 294 valence electrons. The predicted octanol–water partition coefficient (Wildman–Crippen LogP) is 11.9. The van der Waals surface area contributed by atoms with E-state index >= 15 is 0 Å². The van der Waals surface area contributed by atoms with Gasteiger partial charge in [0.15, 0.2) is 16.6 Å². The highest BCUT2D eigenvalue weighted by Gasteiger charge is 2.71. The van der Waals surface area contributed by atoms with Crippen LogP contribution in [0.25, 0.3) is 11.0 Å². The molecule has 5 rings (SSSR count). The second kappa shape index (κ2) is 15.6. The maximum atomic E-state index is 14.1. The second-order valence-corrected chi connectivity index (χ2v) is 28.6. The summed E-state index contributed by atoms with van der Waals surface area (Å²) in [5.74, 6) is 0.895. The van der Waals surface area contributed by atoms with Crippen molar-refractivity contribution < 1.29 is 32.3 Å².